The van der Waals surface area contributed by atoms with Gasteiger partial charge >= 0.3 is 17.9 Å². The van der Waals surface area contributed by atoms with E-state index in [0.717, 1.165) is 161 Å². The fourth-order valence-corrected chi connectivity index (χ4v) is 8.30. The van der Waals surface area contributed by atoms with Gasteiger partial charge in [-0.1, -0.05) is 270 Å². The zero-order valence-corrected chi connectivity index (χ0v) is 49.2. The number of allylic oxidation sites excluding steroid dienone is 22. The summed E-state index contributed by atoms with van der Waals surface area (Å²) in [6, 6.07) is 0. The van der Waals surface area contributed by atoms with Crippen LogP contribution in [0.2, 0.25) is 0 Å². The third-order valence-corrected chi connectivity index (χ3v) is 12.9. The Hall–Kier alpha value is -4.45. The van der Waals surface area contributed by atoms with Crippen LogP contribution in [-0.4, -0.2) is 37.2 Å². The molecule has 0 bridgehead atoms. The number of hydrogen-bond acceptors (Lipinski definition) is 6. The molecular formula is C70H114O6. The van der Waals surface area contributed by atoms with Crippen LogP contribution in [0.3, 0.4) is 0 Å². The normalized spacial score (nSPS) is 13.0. The number of hydrogen-bond donors (Lipinski definition) is 0. The minimum atomic E-state index is -0.801. The van der Waals surface area contributed by atoms with Gasteiger partial charge in [0.15, 0.2) is 6.10 Å². The minimum absolute atomic E-state index is 0.0948. The SMILES string of the molecule is CC/C=C\C/C=C\C/C=C\C/C=C\C/C=C\C/C=C\C/C=C\C/C=C\CCCCCCC(=O)OCC(COC(=O)CCCCCCCCCCCCCCCC)OC(=O)CCCCCCC/C=C\C/C=C\C/C=C\CC. The average Bonchev–Trinajstić information content (AvgIpc) is 3.42. The van der Waals surface area contributed by atoms with Crippen molar-refractivity contribution in [2.45, 2.75) is 277 Å². The molecule has 0 saturated heterocycles. The van der Waals surface area contributed by atoms with E-state index in [1.165, 1.54) is 70.6 Å². The Bertz CT molecular complexity index is 1630. The van der Waals surface area contributed by atoms with Crippen LogP contribution in [0.15, 0.2) is 134 Å². The van der Waals surface area contributed by atoms with Crippen LogP contribution in [0.1, 0.15) is 271 Å². The zero-order chi connectivity index (χ0) is 55.0. The van der Waals surface area contributed by atoms with Crippen molar-refractivity contribution < 1.29 is 28.6 Å². The van der Waals surface area contributed by atoms with E-state index in [9.17, 15) is 14.4 Å². The van der Waals surface area contributed by atoms with Gasteiger partial charge in [-0.3, -0.25) is 14.4 Å². The van der Waals surface area contributed by atoms with Gasteiger partial charge in [-0.15, -0.1) is 0 Å². The van der Waals surface area contributed by atoms with Crippen LogP contribution < -0.4 is 0 Å². The molecule has 1 atom stereocenters. The molecule has 0 aromatic carbocycles. The number of rotatable bonds is 55. The standard InChI is InChI=1S/C70H114O6/c1-4-7-10-13-16-19-22-25-28-29-30-31-32-33-34-35-36-37-38-39-40-41-43-45-48-51-54-57-60-63-69(72)75-66-67(65-74-68(71)62-59-56-53-50-47-44-27-24-21-18-15-12-9-6-3)76-70(73)64-61-58-55-52-49-46-42-26-23-20-17-14-11-8-5-2/h7-8,10-11,16-17,19-20,25-26,28,30-31,33-34,36-37,39-40,42-43,45,67H,4-6,9,12-15,18,21-24,27,29,32,35,38,41,44,46-66H2,1-3H3/b10-7-,11-8-,19-16-,20-17-,28-25-,31-30-,34-33-,37-36-,40-39-,42-26-,45-43-. The van der Waals surface area contributed by atoms with Crippen molar-refractivity contribution in [2.24, 2.45) is 0 Å². The lowest BCUT2D eigenvalue weighted by atomic mass is 10.0. The summed E-state index contributed by atoms with van der Waals surface area (Å²) < 4.78 is 16.9. The molecular weight excluding hydrogens is 937 g/mol. The summed E-state index contributed by atoms with van der Waals surface area (Å²) in [6.07, 6.45) is 88.8. The molecule has 0 rings (SSSR count). The highest BCUT2D eigenvalue weighted by Crippen LogP contribution is 2.15. The largest absolute Gasteiger partial charge is 0.462 e. The minimum Gasteiger partial charge on any atom is -0.462 e. The molecule has 0 radical (unpaired) electrons. The summed E-state index contributed by atoms with van der Waals surface area (Å²) in [5.74, 6) is -0.937. The van der Waals surface area contributed by atoms with Gasteiger partial charge in [0.05, 0.1) is 0 Å². The Labute approximate surface area is 468 Å². The van der Waals surface area contributed by atoms with Crippen LogP contribution in [-0.2, 0) is 28.6 Å². The molecule has 6 nitrogen and oxygen atoms in total. The summed E-state index contributed by atoms with van der Waals surface area (Å²) in [5.41, 5.74) is 0. The molecule has 0 aromatic rings. The molecule has 0 aliphatic carbocycles. The van der Waals surface area contributed by atoms with Crippen LogP contribution in [0.5, 0.6) is 0 Å². The highest BCUT2D eigenvalue weighted by atomic mass is 16.6. The third-order valence-electron chi connectivity index (χ3n) is 12.9. The Morgan fingerprint density at radius 3 is 0.803 bits per heavy atom. The molecule has 430 valence electrons. The topological polar surface area (TPSA) is 78.9 Å². The molecule has 0 aliphatic heterocycles. The molecule has 76 heavy (non-hydrogen) atoms. The van der Waals surface area contributed by atoms with Crippen LogP contribution >= 0.6 is 0 Å². The van der Waals surface area contributed by atoms with Gasteiger partial charge in [-0.05, 0) is 116 Å². The fourth-order valence-electron chi connectivity index (χ4n) is 8.30. The predicted octanol–water partition coefficient (Wildman–Crippen LogP) is 21.4. The maximum atomic E-state index is 12.9. The second-order valence-corrected chi connectivity index (χ2v) is 20.2. The Morgan fingerprint density at radius 2 is 0.513 bits per heavy atom. The lowest BCUT2D eigenvalue weighted by Crippen LogP contribution is -2.30. The van der Waals surface area contributed by atoms with E-state index < -0.39 is 6.10 Å². The number of carbonyl (C=O) groups excluding carboxylic acids is 3. The second-order valence-electron chi connectivity index (χ2n) is 20.2. The molecule has 0 aliphatic rings. The van der Waals surface area contributed by atoms with Crippen molar-refractivity contribution in [2.75, 3.05) is 13.2 Å². The van der Waals surface area contributed by atoms with Crippen LogP contribution in [0.4, 0.5) is 0 Å². The Kier molecular flexibility index (Phi) is 59.4. The van der Waals surface area contributed by atoms with Gasteiger partial charge in [0, 0.05) is 19.3 Å². The quantitative estimate of drug-likeness (QED) is 0.0261. The number of unbranched alkanes of at least 4 members (excludes halogenated alkanes) is 22. The first kappa shape index (κ1) is 71.5. The first-order valence-corrected chi connectivity index (χ1v) is 31.2. The van der Waals surface area contributed by atoms with E-state index in [0.29, 0.717) is 19.3 Å². The molecule has 0 N–H and O–H groups in total. The predicted molar refractivity (Wildman–Crippen MR) is 329 cm³/mol. The Morgan fingerprint density at radius 1 is 0.276 bits per heavy atom. The van der Waals surface area contributed by atoms with Crippen molar-refractivity contribution in [3.8, 4) is 0 Å². The van der Waals surface area contributed by atoms with Crippen molar-refractivity contribution in [3.63, 3.8) is 0 Å². The van der Waals surface area contributed by atoms with Gasteiger partial charge in [0.1, 0.15) is 13.2 Å². The molecule has 0 heterocycles. The maximum Gasteiger partial charge on any atom is 0.306 e. The monoisotopic (exact) mass is 1050 g/mol. The number of esters is 3. The van der Waals surface area contributed by atoms with Gasteiger partial charge in [-0.2, -0.15) is 0 Å². The van der Waals surface area contributed by atoms with Crippen molar-refractivity contribution >= 4 is 17.9 Å². The second kappa shape index (κ2) is 63.1. The zero-order valence-electron chi connectivity index (χ0n) is 49.2. The average molecular weight is 1050 g/mol. The first-order valence-electron chi connectivity index (χ1n) is 31.2. The molecule has 0 amide bonds. The smallest absolute Gasteiger partial charge is 0.306 e. The summed E-state index contributed by atoms with van der Waals surface area (Å²) in [4.78, 5) is 38.2. The number of ether oxygens (including phenoxy) is 3. The lowest BCUT2D eigenvalue weighted by molar-refractivity contribution is -0.167. The summed E-state index contributed by atoms with van der Waals surface area (Å²) >= 11 is 0. The van der Waals surface area contributed by atoms with Crippen LogP contribution in [0, 0.1) is 0 Å². The molecule has 1 unspecified atom stereocenters. The van der Waals surface area contributed by atoms with E-state index in [-0.39, 0.29) is 31.1 Å². The van der Waals surface area contributed by atoms with Crippen molar-refractivity contribution in [1.29, 1.82) is 0 Å². The van der Waals surface area contributed by atoms with E-state index in [1.807, 2.05) is 0 Å². The van der Waals surface area contributed by atoms with Crippen LogP contribution in [0.25, 0.3) is 0 Å². The van der Waals surface area contributed by atoms with Crippen molar-refractivity contribution in [3.05, 3.63) is 134 Å². The third kappa shape index (κ3) is 60.4. The van der Waals surface area contributed by atoms with E-state index in [2.05, 4.69) is 154 Å². The van der Waals surface area contributed by atoms with Gasteiger partial charge in [0.25, 0.3) is 0 Å². The summed E-state index contributed by atoms with van der Waals surface area (Å²) in [7, 11) is 0. The summed E-state index contributed by atoms with van der Waals surface area (Å²) in [5, 5.41) is 0. The fraction of sp³-hybridized carbons (Fsp3) is 0.643. The van der Waals surface area contributed by atoms with Crippen molar-refractivity contribution in [1.82, 2.24) is 0 Å². The van der Waals surface area contributed by atoms with E-state index in [4.69, 9.17) is 14.2 Å². The van der Waals surface area contributed by atoms with E-state index in [1.54, 1.807) is 0 Å². The number of carbonyl (C=O) groups is 3. The van der Waals surface area contributed by atoms with Gasteiger partial charge < -0.3 is 14.2 Å². The van der Waals surface area contributed by atoms with Gasteiger partial charge in [-0.25, -0.2) is 0 Å². The molecule has 0 fully saturated rings. The molecule has 0 spiro atoms. The highest BCUT2D eigenvalue weighted by molar-refractivity contribution is 5.71. The maximum absolute atomic E-state index is 12.9. The summed E-state index contributed by atoms with van der Waals surface area (Å²) in [6.45, 7) is 6.38. The van der Waals surface area contributed by atoms with E-state index >= 15 is 0 Å². The highest BCUT2D eigenvalue weighted by Gasteiger charge is 2.19. The molecule has 6 heteroatoms. The first-order chi connectivity index (χ1) is 37.5. The molecule has 0 saturated carbocycles. The van der Waals surface area contributed by atoms with Gasteiger partial charge in [0.2, 0.25) is 0 Å². The molecule has 0 aromatic heterocycles. The lowest BCUT2D eigenvalue weighted by Gasteiger charge is -2.18. The Balaban J connectivity index is 4.39.